The van der Waals surface area contributed by atoms with Crippen LogP contribution in [0, 0.1) is 0 Å². The van der Waals surface area contributed by atoms with E-state index < -0.39 is 17.7 Å². The topological polar surface area (TPSA) is 83.0 Å². The number of amides is 1. The number of rotatable bonds is 5. The highest BCUT2D eigenvalue weighted by molar-refractivity contribution is 9.10. The van der Waals surface area contributed by atoms with Crippen LogP contribution in [-0.4, -0.2) is 71.0 Å². The minimum absolute atomic E-state index is 0.0947. The van der Waals surface area contributed by atoms with Gasteiger partial charge in [0, 0.05) is 48.6 Å². The third kappa shape index (κ3) is 4.16. The maximum Gasteiger partial charge on any atom is 0.295 e. The molecule has 2 aromatic rings. The number of aromatic nitrogens is 1. The molecule has 1 aromatic carbocycles. The molecule has 2 fully saturated rings. The van der Waals surface area contributed by atoms with E-state index in [4.69, 9.17) is 4.74 Å². The fraction of sp³-hybridized carbons (Fsp3) is 0.318. The van der Waals surface area contributed by atoms with Crippen LogP contribution < -0.4 is 0 Å². The lowest BCUT2D eigenvalue weighted by atomic mass is 9.96. The number of aliphatic hydroxyl groups is 1. The van der Waals surface area contributed by atoms with Crippen molar-refractivity contribution in [1.82, 2.24) is 14.8 Å². The smallest absolute Gasteiger partial charge is 0.295 e. The van der Waals surface area contributed by atoms with Gasteiger partial charge in [0.05, 0.1) is 24.8 Å². The number of ketones is 1. The Bertz CT molecular complexity index is 956. The average Bonchev–Trinajstić information content (AvgIpc) is 3.04. The van der Waals surface area contributed by atoms with Crippen LogP contribution in [-0.2, 0) is 14.3 Å². The van der Waals surface area contributed by atoms with Crippen LogP contribution >= 0.6 is 15.9 Å². The average molecular weight is 472 g/mol. The Kier molecular flexibility index (Phi) is 6.26. The third-order valence-corrected chi connectivity index (χ3v) is 5.95. The molecule has 1 N–H and O–H groups in total. The van der Waals surface area contributed by atoms with Gasteiger partial charge in [0.25, 0.3) is 11.7 Å². The zero-order valence-electron chi connectivity index (χ0n) is 16.3. The monoisotopic (exact) mass is 471 g/mol. The minimum Gasteiger partial charge on any atom is -0.507 e. The lowest BCUT2D eigenvalue weighted by molar-refractivity contribution is -0.140. The molecule has 0 radical (unpaired) electrons. The molecule has 1 aromatic heterocycles. The molecule has 0 unspecified atom stereocenters. The summed E-state index contributed by atoms with van der Waals surface area (Å²) in [4.78, 5) is 33.8. The molecule has 30 heavy (non-hydrogen) atoms. The summed E-state index contributed by atoms with van der Waals surface area (Å²) in [5, 5.41) is 11.0. The number of carbonyl (C=O) groups excluding carboxylic acids is 2. The first-order chi connectivity index (χ1) is 14.6. The Morgan fingerprint density at radius 3 is 2.53 bits per heavy atom. The molecule has 156 valence electrons. The molecule has 2 aliphatic rings. The second-order valence-electron chi connectivity index (χ2n) is 7.24. The van der Waals surface area contributed by atoms with E-state index in [1.807, 2.05) is 6.07 Å². The summed E-state index contributed by atoms with van der Waals surface area (Å²) >= 11 is 3.37. The van der Waals surface area contributed by atoms with Gasteiger partial charge in [-0.2, -0.15) is 0 Å². The van der Waals surface area contributed by atoms with Crippen molar-refractivity contribution < 1.29 is 19.4 Å². The summed E-state index contributed by atoms with van der Waals surface area (Å²) in [6, 6.07) is 9.88. The second-order valence-corrected chi connectivity index (χ2v) is 8.16. The lowest BCUT2D eigenvalue weighted by Crippen LogP contribution is -2.42. The number of pyridine rings is 1. The highest BCUT2D eigenvalue weighted by Gasteiger charge is 2.46. The fourth-order valence-corrected chi connectivity index (χ4v) is 4.10. The zero-order valence-corrected chi connectivity index (χ0v) is 17.9. The Hall–Kier alpha value is -2.55. The van der Waals surface area contributed by atoms with Crippen LogP contribution in [0.4, 0.5) is 0 Å². The second kappa shape index (κ2) is 9.07. The van der Waals surface area contributed by atoms with E-state index in [1.165, 1.54) is 0 Å². The van der Waals surface area contributed by atoms with Gasteiger partial charge in [-0.3, -0.25) is 19.5 Å². The number of carbonyl (C=O) groups is 2. The van der Waals surface area contributed by atoms with Crippen LogP contribution in [0.5, 0.6) is 0 Å². The Morgan fingerprint density at radius 2 is 1.87 bits per heavy atom. The predicted molar refractivity (Wildman–Crippen MR) is 115 cm³/mol. The molecule has 8 heteroatoms. The van der Waals surface area contributed by atoms with Crippen molar-refractivity contribution in [3.8, 4) is 0 Å². The normalized spacial score (nSPS) is 21.9. The summed E-state index contributed by atoms with van der Waals surface area (Å²) in [5.74, 6) is -1.45. The number of aliphatic hydroxyl groups excluding tert-OH is 1. The molecule has 1 amide bonds. The van der Waals surface area contributed by atoms with E-state index in [-0.39, 0.29) is 11.3 Å². The molecule has 0 bridgehead atoms. The van der Waals surface area contributed by atoms with Crippen LogP contribution in [0.3, 0.4) is 0 Å². The van der Waals surface area contributed by atoms with Crippen molar-refractivity contribution in [2.45, 2.75) is 6.04 Å². The standard InChI is InChI=1S/C22H22BrN3O4/c23-17-5-3-15(4-6-17)20(27)18-19(16-2-1-7-24-14-16)26(22(29)21(18)28)9-8-25-10-12-30-13-11-25/h1-7,14,19,27H,8-13H2/b20-18+/t19-/m0/s1. The van der Waals surface area contributed by atoms with Crippen molar-refractivity contribution in [3.05, 3.63) is 70.0 Å². The van der Waals surface area contributed by atoms with Crippen molar-refractivity contribution in [2.24, 2.45) is 0 Å². The molecular weight excluding hydrogens is 450 g/mol. The van der Waals surface area contributed by atoms with Crippen LogP contribution in [0.1, 0.15) is 17.2 Å². The predicted octanol–water partition coefficient (Wildman–Crippen LogP) is 2.60. The van der Waals surface area contributed by atoms with E-state index in [0.717, 1.165) is 17.6 Å². The van der Waals surface area contributed by atoms with E-state index in [1.54, 1.807) is 47.6 Å². The summed E-state index contributed by atoms with van der Waals surface area (Å²) in [5.41, 5.74) is 1.27. The number of hydrogen-bond donors (Lipinski definition) is 1. The fourth-order valence-electron chi connectivity index (χ4n) is 3.83. The number of benzene rings is 1. The third-order valence-electron chi connectivity index (χ3n) is 5.42. The molecule has 1 atom stereocenters. The molecule has 0 aliphatic carbocycles. The molecule has 3 heterocycles. The highest BCUT2D eigenvalue weighted by Crippen LogP contribution is 2.39. The van der Waals surface area contributed by atoms with Gasteiger partial charge in [-0.05, 0) is 23.8 Å². The first kappa shape index (κ1) is 20.7. The van der Waals surface area contributed by atoms with E-state index in [2.05, 4.69) is 25.8 Å². The molecule has 2 aliphatic heterocycles. The molecule has 7 nitrogen and oxygen atoms in total. The van der Waals surface area contributed by atoms with Crippen LogP contribution in [0.15, 0.2) is 58.8 Å². The lowest BCUT2D eigenvalue weighted by Gasteiger charge is -2.30. The number of hydrogen-bond acceptors (Lipinski definition) is 6. The van der Waals surface area contributed by atoms with Gasteiger partial charge in [-0.1, -0.05) is 34.1 Å². The highest BCUT2D eigenvalue weighted by atomic mass is 79.9. The van der Waals surface area contributed by atoms with E-state index in [9.17, 15) is 14.7 Å². The summed E-state index contributed by atoms with van der Waals surface area (Å²) in [7, 11) is 0. The van der Waals surface area contributed by atoms with Crippen LogP contribution in [0.2, 0.25) is 0 Å². The Balaban J connectivity index is 1.71. The maximum absolute atomic E-state index is 13.0. The molecule has 0 spiro atoms. The van der Waals surface area contributed by atoms with Gasteiger partial charge >= 0.3 is 0 Å². The van der Waals surface area contributed by atoms with E-state index >= 15 is 0 Å². The van der Waals surface area contributed by atoms with Gasteiger partial charge < -0.3 is 14.7 Å². The Morgan fingerprint density at radius 1 is 1.13 bits per heavy atom. The summed E-state index contributed by atoms with van der Waals surface area (Å²) in [6.45, 7) is 3.91. The Labute approximate surface area is 183 Å². The van der Waals surface area contributed by atoms with Gasteiger partial charge in [0.2, 0.25) is 0 Å². The number of halogens is 1. The zero-order chi connectivity index (χ0) is 21.1. The first-order valence-corrected chi connectivity index (χ1v) is 10.6. The maximum atomic E-state index is 13.0. The molecular formula is C22H22BrN3O4. The van der Waals surface area contributed by atoms with Crippen molar-refractivity contribution >= 4 is 33.4 Å². The summed E-state index contributed by atoms with van der Waals surface area (Å²) in [6.07, 6.45) is 3.27. The number of Topliss-reactive ketones (excluding diaryl/α,β-unsaturated/α-hetero) is 1. The van der Waals surface area contributed by atoms with Crippen LogP contribution in [0.25, 0.3) is 5.76 Å². The van der Waals surface area contributed by atoms with Crippen molar-refractivity contribution in [1.29, 1.82) is 0 Å². The largest absolute Gasteiger partial charge is 0.507 e. The number of likely N-dealkylation sites (tertiary alicyclic amines) is 1. The van der Waals surface area contributed by atoms with Gasteiger partial charge in [-0.15, -0.1) is 0 Å². The summed E-state index contributed by atoms with van der Waals surface area (Å²) < 4.78 is 6.23. The van der Waals surface area contributed by atoms with Gasteiger partial charge in [-0.25, -0.2) is 0 Å². The molecule has 4 rings (SSSR count). The molecule has 0 saturated carbocycles. The minimum atomic E-state index is -0.677. The first-order valence-electron chi connectivity index (χ1n) is 9.80. The van der Waals surface area contributed by atoms with Gasteiger partial charge in [0.1, 0.15) is 5.76 Å². The number of ether oxygens (including phenoxy) is 1. The SMILES string of the molecule is O=C1C(=O)N(CCN2CCOCC2)[C@@H](c2cccnc2)/C1=C(\O)c1ccc(Br)cc1. The van der Waals surface area contributed by atoms with Crippen molar-refractivity contribution in [2.75, 3.05) is 39.4 Å². The van der Waals surface area contributed by atoms with E-state index in [0.29, 0.717) is 37.4 Å². The molecule has 2 saturated heterocycles. The number of nitrogens with zero attached hydrogens (tertiary/aromatic N) is 3. The van der Waals surface area contributed by atoms with Crippen molar-refractivity contribution in [3.63, 3.8) is 0 Å². The van der Waals surface area contributed by atoms with Gasteiger partial charge in [0.15, 0.2) is 0 Å². The number of morpholine rings is 1. The quantitative estimate of drug-likeness (QED) is 0.409.